The van der Waals surface area contributed by atoms with Crippen molar-refractivity contribution in [3.63, 3.8) is 0 Å². The highest BCUT2D eigenvalue weighted by Crippen LogP contribution is 2.30. The average Bonchev–Trinajstić information content (AvgIpc) is 3.15. The van der Waals surface area contributed by atoms with Crippen LogP contribution in [0.3, 0.4) is 0 Å². The second-order valence-corrected chi connectivity index (χ2v) is 8.31. The highest BCUT2D eigenvalue weighted by atomic mass is 32.2. The molecule has 0 bridgehead atoms. The number of methoxy groups -OCH3 is 1. The summed E-state index contributed by atoms with van der Waals surface area (Å²) in [5.41, 5.74) is 0.170. The Morgan fingerprint density at radius 1 is 1.31 bits per heavy atom. The maximum Gasteiger partial charge on any atom is 0.308 e. The summed E-state index contributed by atoms with van der Waals surface area (Å²) in [6.45, 7) is 2.41. The number of hydrogen-bond donors (Lipinski definition) is 1. The monoisotopic (exact) mass is 384 g/mol. The Hall–Kier alpha value is -2.13. The van der Waals surface area contributed by atoms with E-state index in [0.717, 1.165) is 12.8 Å². The molecule has 26 heavy (non-hydrogen) atoms. The number of carboxylic acids is 1. The lowest BCUT2D eigenvalue weighted by molar-refractivity contribution is -0.141. The third-order valence-corrected chi connectivity index (χ3v) is 6.33. The number of carbonyl (C=O) groups is 2. The first-order chi connectivity index (χ1) is 12.2. The van der Waals surface area contributed by atoms with Gasteiger partial charge in [0.1, 0.15) is 10.6 Å². The van der Waals surface area contributed by atoms with Crippen LogP contribution in [0, 0.1) is 5.92 Å². The Labute approximate surface area is 153 Å². The summed E-state index contributed by atoms with van der Waals surface area (Å²) in [7, 11) is -0.894. The normalized spacial score (nSPS) is 16.3. The molecule has 9 heteroatoms. The molecular formula is C17H24N2O6S. The van der Waals surface area contributed by atoms with E-state index in [1.165, 1.54) is 48.5 Å². The lowest BCUT2D eigenvalue weighted by atomic mass is 10.1. The Balaban J connectivity index is 2.34. The average molecular weight is 384 g/mol. The molecule has 1 atom stereocenters. The van der Waals surface area contributed by atoms with Gasteiger partial charge in [-0.25, -0.2) is 8.42 Å². The fraction of sp³-hybridized carbons (Fsp3) is 0.529. The number of carboxylic acid groups (broad SMARTS) is 1. The molecule has 0 saturated carbocycles. The minimum atomic E-state index is -3.76. The van der Waals surface area contributed by atoms with Gasteiger partial charge in [-0.05, 0) is 31.0 Å². The van der Waals surface area contributed by atoms with Crippen LogP contribution in [-0.2, 0) is 14.8 Å². The van der Waals surface area contributed by atoms with Crippen molar-refractivity contribution in [2.24, 2.45) is 5.92 Å². The van der Waals surface area contributed by atoms with Crippen LogP contribution in [0.4, 0.5) is 0 Å². The van der Waals surface area contributed by atoms with Crippen molar-refractivity contribution in [1.29, 1.82) is 0 Å². The number of ether oxygens (including phenoxy) is 1. The fourth-order valence-electron chi connectivity index (χ4n) is 2.87. The minimum absolute atomic E-state index is 0.0222. The largest absolute Gasteiger partial charge is 0.495 e. The molecule has 1 aromatic carbocycles. The molecule has 0 spiro atoms. The summed E-state index contributed by atoms with van der Waals surface area (Å²) in [6, 6.07) is 4.23. The van der Waals surface area contributed by atoms with Gasteiger partial charge in [-0.2, -0.15) is 4.31 Å². The molecule has 2 rings (SSSR count). The van der Waals surface area contributed by atoms with Gasteiger partial charge in [0.25, 0.3) is 5.91 Å². The van der Waals surface area contributed by atoms with Gasteiger partial charge in [0.05, 0.1) is 13.0 Å². The summed E-state index contributed by atoms with van der Waals surface area (Å²) in [6.07, 6.45) is 1.60. The van der Waals surface area contributed by atoms with Gasteiger partial charge in [-0.1, -0.05) is 6.92 Å². The van der Waals surface area contributed by atoms with Crippen molar-refractivity contribution in [1.82, 2.24) is 9.21 Å². The second-order valence-electron chi connectivity index (χ2n) is 6.40. The summed E-state index contributed by atoms with van der Waals surface area (Å²) in [5.74, 6) is -2.00. The topological polar surface area (TPSA) is 104 Å². The van der Waals surface area contributed by atoms with Crippen molar-refractivity contribution >= 4 is 21.9 Å². The predicted octanol–water partition coefficient (Wildman–Crippen LogP) is 1.27. The van der Waals surface area contributed by atoms with Crippen LogP contribution >= 0.6 is 0 Å². The number of amides is 1. The Kier molecular flexibility index (Phi) is 6.25. The molecule has 1 amide bonds. The number of carbonyl (C=O) groups excluding carboxylic acids is 1. The molecule has 144 valence electrons. The maximum atomic E-state index is 12.9. The van der Waals surface area contributed by atoms with Crippen LogP contribution in [0.25, 0.3) is 0 Å². The first kappa shape index (κ1) is 20.2. The zero-order valence-corrected chi connectivity index (χ0v) is 16.0. The van der Waals surface area contributed by atoms with Gasteiger partial charge in [-0.15, -0.1) is 0 Å². The zero-order valence-electron chi connectivity index (χ0n) is 15.1. The fourth-order valence-corrected chi connectivity index (χ4v) is 4.57. The first-order valence-electron chi connectivity index (χ1n) is 8.35. The van der Waals surface area contributed by atoms with Crippen molar-refractivity contribution in [2.75, 3.05) is 33.8 Å². The van der Waals surface area contributed by atoms with E-state index in [9.17, 15) is 18.0 Å². The van der Waals surface area contributed by atoms with Gasteiger partial charge in [0.15, 0.2) is 0 Å². The van der Waals surface area contributed by atoms with E-state index in [1.807, 2.05) is 0 Å². The molecule has 1 aliphatic rings. The van der Waals surface area contributed by atoms with Crippen molar-refractivity contribution < 1.29 is 27.9 Å². The van der Waals surface area contributed by atoms with Crippen LogP contribution in [0.5, 0.6) is 5.75 Å². The smallest absolute Gasteiger partial charge is 0.308 e. The molecule has 1 aromatic rings. The quantitative estimate of drug-likeness (QED) is 0.759. The maximum absolute atomic E-state index is 12.9. The van der Waals surface area contributed by atoms with E-state index in [2.05, 4.69) is 0 Å². The van der Waals surface area contributed by atoms with E-state index >= 15 is 0 Å². The number of sulfonamides is 1. The van der Waals surface area contributed by atoms with Gasteiger partial charge in [0.2, 0.25) is 10.0 Å². The summed E-state index contributed by atoms with van der Waals surface area (Å²) >= 11 is 0. The van der Waals surface area contributed by atoms with E-state index in [0.29, 0.717) is 13.1 Å². The molecule has 0 aromatic heterocycles. The lowest BCUT2D eigenvalue weighted by Crippen LogP contribution is -2.34. The van der Waals surface area contributed by atoms with Gasteiger partial charge in [-0.3, -0.25) is 9.59 Å². The Bertz CT molecular complexity index is 786. The van der Waals surface area contributed by atoms with Crippen molar-refractivity contribution in [2.45, 2.75) is 24.7 Å². The van der Waals surface area contributed by atoms with Gasteiger partial charge >= 0.3 is 5.97 Å². The number of benzene rings is 1. The molecule has 1 N–H and O–H groups in total. The lowest BCUT2D eigenvalue weighted by Gasteiger charge is -2.21. The molecule has 1 aliphatic heterocycles. The number of rotatable bonds is 7. The van der Waals surface area contributed by atoms with Gasteiger partial charge in [0, 0.05) is 32.2 Å². The standard InChI is InChI=1S/C17H24N2O6S/c1-12(17(21)22)11-18(2)16(20)13-6-7-14(25-3)15(10-13)26(23,24)19-8-4-5-9-19/h6-7,10,12H,4-5,8-9,11H2,1-3H3,(H,21,22). The van der Waals surface area contributed by atoms with Crippen LogP contribution in [0.15, 0.2) is 23.1 Å². The predicted molar refractivity (Wildman–Crippen MR) is 94.7 cm³/mol. The number of aliphatic carboxylic acids is 1. The number of hydrogen-bond acceptors (Lipinski definition) is 5. The van der Waals surface area contributed by atoms with Crippen LogP contribution < -0.4 is 4.74 Å². The molecule has 1 saturated heterocycles. The van der Waals surface area contributed by atoms with Crippen LogP contribution in [0.1, 0.15) is 30.1 Å². The summed E-state index contributed by atoms with van der Waals surface area (Å²) < 4.78 is 32.3. The third kappa shape index (κ3) is 4.16. The molecule has 1 unspecified atom stereocenters. The molecular weight excluding hydrogens is 360 g/mol. The Morgan fingerprint density at radius 3 is 2.46 bits per heavy atom. The first-order valence-corrected chi connectivity index (χ1v) is 9.79. The summed E-state index contributed by atoms with van der Waals surface area (Å²) in [5, 5.41) is 8.98. The third-order valence-electron chi connectivity index (χ3n) is 4.41. The molecule has 8 nitrogen and oxygen atoms in total. The van der Waals surface area contributed by atoms with Crippen molar-refractivity contribution in [3.05, 3.63) is 23.8 Å². The van der Waals surface area contributed by atoms with Crippen LogP contribution in [0.2, 0.25) is 0 Å². The minimum Gasteiger partial charge on any atom is -0.495 e. The molecule has 1 fully saturated rings. The summed E-state index contributed by atoms with van der Waals surface area (Å²) in [4.78, 5) is 24.8. The van der Waals surface area contributed by atoms with E-state index in [-0.39, 0.29) is 22.8 Å². The molecule has 0 aliphatic carbocycles. The zero-order chi connectivity index (χ0) is 19.5. The SMILES string of the molecule is COc1ccc(C(=O)N(C)CC(C)C(=O)O)cc1S(=O)(=O)N1CCCC1. The van der Waals surface area contributed by atoms with E-state index < -0.39 is 27.8 Å². The second kappa shape index (κ2) is 8.05. The van der Waals surface area contributed by atoms with E-state index in [4.69, 9.17) is 9.84 Å². The van der Waals surface area contributed by atoms with E-state index in [1.54, 1.807) is 0 Å². The highest BCUT2D eigenvalue weighted by molar-refractivity contribution is 7.89. The Morgan fingerprint density at radius 2 is 1.92 bits per heavy atom. The molecule has 1 heterocycles. The van der Waals surface area contributed by atoms with Gasteiger partial charge < -0.3 is 14.7 Å². The highest BCUT2D eigenvalue weighted by Gasteiger charge is 2.31. The molecule has 0 radical (unpaired) electrons. The van der Waals surface area contributed by atoms with Crippen molar-refractivity contribution in [3.8, 4) is 5.75 Å². The van der Waals surface area contributed by atoms with Crippen LogP contribution in [-0.4, -0.2) is 68.4 Å². The number of nitrogens with zero attached hydrogens (tertiary/aromatic N) is 2.